The number of carbonyl (C=O) groups excluding carboxylic acids is 2. The van der Waals surface area contributed by atoms with Gasteiger partial charge in [-0.15, -0.1) is 0 Å². The lowest BCUT2D eigenvalue weighted by Crippen LogP contribution is -2.62. The van der Waals surface area contributed by atoms with Crippen LogP contribution in [0, 0.1) is 0 Å². The van der Waals surface area contributed by atoms with Crippen molar-refractivity contribution >= 4 is 22.7 Å². The Kier molecular flexibility index (Phi) is 5.94. The molecule has 2 aliphatic heterocycles. The number of aromatic nitrogens is 1. The van der Waals surface area contributed by atoms with Crippen LogP contribution in [0.15, 0.2) is 66.7 Å². The number of fused-ring (bicyclic) bond motifs is 4. The van der Waals surface area contributed by atoms with Gasteiger partial charge in [-0.2, -0.15) is 0 Å². The first kappa shape index (κ1) is 23.9. The van der Waals surface area contributed by atoms with Crippen molar-refractivity contribution in [2.75, 3.05) is 27.9 Å². The molecule has 6 rings (SSSR count). The number of para-hydroxylation sites is 1. The summed E-state index contributed by atoms with van der Waals surface area (Å²) >= 11 is 0. The van der Waals surface area contributed by atoms with Crippen LogP contribution in [0.1, 0.15) is 28.4 Å². The Balaban J connectivity index is 1.47. The number of nitrogens with zero attached hydrogens (tertiary/aromatic N) is 2. The summed E-state index contributed by atoms with van der Waals surface area (Å²) in [6, 6.07) is 20.0. The maximum absolute atomic E-state index is 14.0. The third-order valence-electron chi connectivity index (χ3n) is 7.58. The van der Waals surface area contributed by atoms with Gasteiger partial charge in [0.05, 0.1) is 21.3 Å². The molecule has 1 N–H and O–H groups in total. The number of carbonyl (C=O) groups is 2. The minimum absolute atomic E-state index is 0.00904. The van der Waals surface area contributed by atoms with Crippen LogP contribution in [0.5, 0.6) is 17.2 Å². The van der Waals surface area contributed by atoms with E-state index in [0.717, 1.165) is 33.3 Å². The van der Waals surface area contributed by atoms with Crippen LogP contribution in [-0.2, 0) is 22.6 Å². The highest BCUT2D eigenvalue weighted by Crippen LogP contribution is 2.45. The van der Waals surface area contributed by atoms with Gasteiger partial charge in [-0.3, -0.25) is 9.59 Å². The summed E-state index contributed by atoms with van der Waals surface area (Å²) in [6.45, 7) is 0.324. The van der Waals surface area contributed by atoms with Gasteiger partial charge in [0.2, 0.25) is 11.8 Å². The zero-order valence-corrected chi connectivity index (χ0v) is 21.6. The molecule has 194 valence electrons. The molecule has 8 heteroatoms. The monoisotopic (exact) mass is 511 g/mol. The van der Waals surface area contributed by atoms with Gasteiger partial charge in [0, 0.05) is 35.1 Å². The molecule has 3 heterocycles. The molecule has 2 aliphatic rings. The van der Waals surface area contributed by atoms with Gasteiger partial charge in [0.25, 0.3) is 0 Å². The number of piperazine rings is 1. The lowest BCUT2D eigenvalue weighted by molar-refractivity contribution is -0.159. The molecule has 4 aromatic rings. The van der Waals surface area contributed by atoms with Crippen LogP contribution >= 0.6 is 0 Å². The first-order valence-corrected chi connectivity index (χ1v) is 12.6. The molecule has 3 aromatic carbocycles. The van der Waals surface area contributed by atoms with Crippen LogP contribution in [0.25, 0.3) is 10.9 Å². The molecule has 2 atom stereocenters. The third kappa shape index (κ3) is 3.84. The van der Waals surface area contributed by atoms with E-state index < -0.39 is 12.1 Å². The summed E-state index contributed by atoms with van der Waals surface area (Å²) in [5.74, 6) is 1.80. The number of aromatic amines is 1. The molecule has 8 nitrogen and oxygen atoms in total. The van der Waals surface area contributed by atoms with Crippen LogP contribution in [0.2, 0.25) is 0 Å². The SMILES string of the molecule is COc1cccc(CN2CC(=O)N3C(Cc4c([nH]c5ccccc45)C3c3cc(OC)ccc3OC)C2=O)c1. The summed E-state index contributed by atoms with van der Waals surface area (Å²) in [5.41, 5.74) is 4.59. The fourth-order valence-corrected chi connectivity index (χ4v) is 5.83. The Morgan fingerprint density at radius 3 is 2.47 bits per heavy atom. The zero-order valence-electron chi connectivity index (χ0n) is 21.6. The maximum atomic E-state index is 14.0. The van der Waals surface area contributed by atoms with Crippen molar-refractivity contribution in [1.82, 2.24) is 14.8 Å². The number of rotatable bonds is 6. The molecule has 2 unspecified atom stereocenters. The molecule has 1 saturated heterocycles. The molecule has 1 fully saturated rings. The summed E-state index contributed by atoms with van der Waals surface area (Å²) < 4.78 is 16.6. The number of amides is 2. The van der Waals surface area contributed by atoms with Crippen molar-refractivity contribution in [1.29, 1.82) is 0 Å². The van der Waals surface area contributed by atoms with Crippen molar-refractivity contribution in [3.63, 3.8) is 0 Å². The average molecular weight is 512 g/mol. The highest BCUT2D eigenvalue weighted by Gasteiger charge is 2.48. The Labute approximate surface area is 220 Å². The highest BCUT2D eigenvalue weighted by molar-refractivity contribution is 5.97. The zero-order chi connectivity index (χ0) is 26.4. The Hall–Kier alpha value is -4.46. The first-order valence-electron chi connectivity index (χ1n) is 12.6. The molecule has 2 amide bonds. The average Bonchev–Trinajstić information content (AvgIpc) is 3.33. The van der Waals surface area contributed by atoms with Gasteiger partial charge in [-0.1, -0.05) is 30.3 Å². The van der Waals surface area contributed by atoms with Crippen molar-refractivity contribution in [3.05, 3.63) is 89.1 Å². The smallest absolute Gasteiger partial charge is 0.246 e. The second-order valence-corrected chi connectivity index (χ2v) is 9.64. The predicted octanol–water partition coefficient (Wildman–Crippen LogP) is 4.08. The molecular formula is C30H29N3O5. The summed E-state index contributed by atoms with van der Waals surface area (Å²) in [7, 11) is 4.83. The first-order chi connectivity index (χ1) is 18.5. The topological polar surface area (TPSA) is 84.1 Å². The van der Waals surface area contributed by atoms with E-state index in [-0.39, 0.29) is 18.4 Å². The minimum Gasteiger partial charge on any atom is -0.497 e. The lowest BCUT2D eigenvalue weighted by atomic mass is 9.85. The Morgan fingerprint density at radius 2 is 1.68 bits per heavy atom. The fourth-order valence-electron chi connectivity index (χ4n) is 5.83. The van der Waals surface area contributed by atoms with E-state index in [9.17, 15) is 9.59 Å². The number of hydrogen-bond acceptors (Lipinski definition) is 5. The summed E-state index contributed by atoms with van der Waals surface area (Å²) in [4.78, 5) is 34.8. The molecule has 0 bridgehead atoms. The molecule has 1 aromatic heterocycles. The van der Waals surface area contributed by atoms with Crippen LogP contribution in [0.3, 0.4) is 0 Å². The standard InChI is InChI=1S/C30H29N3O5/c1-36-19-8-6-7-18(13-19)16-32-17-27(34)33-25(30(32)35)15-22-21-9-4-5-10-24(21)31-28(22)29(33)23-14-20(37-2)11-12-26(23)38-3/h4-14,25,29,31H,15-17H2,1-3H3. The van der Waals surface area contributed by atoms with Crippen molar-refractivity contribution < 1.29 is 23.8 Å². The number of ether oxygens (including phenoxy) is 3. The molecular weight excluding hydrogens is 482 g/mol. The quantitative estimate of drug-likeness (QED) is 0.422. The highest BCUT2D eigenvalue weighted by atomic mass is 16.5. The fraction of sp³-hybridized carbons (Fsp3) is 0.267. The maximum Gasteiger partial charge on any atom is 0.246 e. The summed E-state index contributed by atoms with van der Waals surface area (Å²) in [5, 5.41) is 1.05. The van der Waals surface area contributed by atoms with Gasteiger partial charge in [-0.05, 0) is 47.5 Å². The number of methoxy groups -OCH3 is 3. The van der Waals surface area contributed by atoms with Crippen molar-refractivity contribution in [2.24, 2.45) is 0 Å². The number of H-pyrrole nitrogens is 1. The second kappa shape index (κ2) is 9.45. The van der Waals surface area contributed by atoms with Crippen LogP contribution in [0.4, 0.5) is 0 Å². The lowest BCUT2D eigenvalue weighted by Gasteiger charge is -2.47. The largest absolute Gasteiger partial charge is 0.497 e. The van der Waals surface area contributed by atoms with Crippen LogP contribution in [-0.4, -0.2) is 60.5 Å². The second-order valence-electron chi connectivity index (χ2n) is 9.64. The molecule has 38 heavy (non-hydrogen) atoms. The van der Waals surface area contributed by atoms with Gasteiger partial charge in [0.15, 0.2) is 0 Å². The van der Waals surface area contributed by atoms with Gasteiger partial charge in [0.1, 0.15) is 35.9 Å². The van der Waals surface area contributed by atoms with Gasteiger partial charge >= 0.3 is 0 Å². The van der Waals surface area contributed by atoms with E-state index in [4.69, 9.17) is 14.2 Å². The number of nitrogens with one attached hydrogen (secondary N) is 1. The van der Waals surface area contributed by atoms with E-state index in [2.05, 4.69) is 11.1 Å². The van der Waals surface area contributed by atoms with Crippen molar-refractivity contribution in [3.8, 4) is 17.2 Å². The predicted molar refractivity (Wildman–Crippen MR) is 142 cm³/mol. The van der Waals surface area contributed by atoms with Gasteiger partial charge in [-0.25, -0.2) is 0 Å². The Bertz CT molecular complexity index is 1540. The van der Waals surface area contributed by atoms with Crippen LogP contribution < -0.4 is 14.2 Å². The van der Waals surface area contributed by atoms with E-state index >= 15 is 0 Å². The van der Waals surface area contributed by atoms with E-state index in [0.29, 0.717) is 30.2 Å². The molecule has 0 spiro atoms. The van der Waals surface area contributed by atoms with E-state index in [1.807, 2.05) is 60.7 Å². The molecule has 0 aliphatic carbocycles. The Morgan fingerprint density at radius 1 is 0.895 bits per heavy atom. The minimum atomic E-state index is -0.644. The van der Waals surface area contributed by atoms with Gasteiger partial charge < -0.3 is 29.0 Å². The number of benzene rings is 3. The normalized spacial score (nSPS) is 18.8. The number of hydrogen-bond donors (Lipinski definition) is 1. The summed E-state index contributed by atoms with van der Waals surface area (Å²) in [6.07, 6.45) is 0.432. The third-order valence-corrected chi connectivity index (χ3v) is 7.58. The van der Waals surface area contributed by atoms with E-state index in [1.54, 1.807) is 31.1 Å². The van der Waals surface area contributed by atoms with Crippen molar-refractivity contribution in [2.45, 2.75) is 25.0 Å². The molecule has 0 radical (unpaired) electrons. The van der Waals surface area contributed by atoms with E-state index in [1.165, 1.54) is 0 Å². The molecule has 0 saturated carbocycles.